The molecule has 144 valence electrons. The molecule has 1 aliphatic rings. The molecule has 0 aromatic heterocycles. The SMILES string of the molecule is O=C1S/C(=C/c2ccc(SCCO)c([N+](=O)[O-])c2)C(=O)N1Cc1ccccc1. The third-order valence-corrected chi connectivity index (χ3v) is 5.83. The molecule has 2 aromatic rings. The van der Waals surface area contributed by atoms with Crippen LogP contribution in [-0.4, -0.2) is 38.4 Å². The molecule has 0 spiro atoms. The average molecular weight is 416 g/mol. The molecule has 2 amide bonds. The fourth-order valence-corrected chi connectivity index (χ4v) is 4.19. The van der Waals surface area contributed by atoms with E-state index in [4.69, 9.17) is 5.11 Å². The largest absolute Gasteiger partial charge is 0.396 e. The number of rotatable bonds is 7. The summed E-state index contributed by atoms with van der Waals surface area (Å²) >= 11 is 2.00. The van der Waals surface area contributed by atoms with E-state index < -0.39 is 10.8 Å². The normalized spacial score (nSPS) is 15.5. The van der Waals surface area contributed by atoms with E-state index in [1.54, 1.807) is 12.1 Å². The number of imide groups is 1. The first-order valence-electron chi connectivity index (χ1n) is 8.31. The predicted molar refractivity (Wildman–Crippen MR) is 109 cm³/mol. The number of hydrogen-bond acceptors (Lipinski definition) is 7. The molecule has 3 rings (SSSR count). The minimum absolute atomic E-state index is 0.0852. The van der Waals surface area contributed by atoms with Gasteiger partial charge in [0.15, 0.2) is 0 Å². The number of nitro groups is 1. The number of carbonyl (C=O) groups excluding carboxylic acids is 2. The standard InChI is InChI=1S/C19H16N2O5S2/c22-8-9-27-16-7-6-14(10-15(16)21(25)26)11-17-18(23)20(19(24)28-17)12-13-4-2-1-3-5-13/h1-7,10-11,22H,8-9,12H2/b17-11+. The van der Waals surface area contributed by atoms with E-state index in [1.165, 1.54) is 23.9 Å². The highest BCUT2D eigenvalue weighted by molar-refractivity contribution is 8.18. The van der Waals surface area contributed by atoms with Gasteiger partial charge in [0.1, 0.15) is 0 Å². The second kappa shape index (κ2) is 9.05. The summed E-state index contributed by atoms with van der Waals surface area (Å²) in [7, 11) is 0. The predicted octanol–water partition coefficient (Wildman–Crippen LogP) is 3.92. The summed E-state index contributed by atoms with van der Waals surface area (Å²) in [5.41, 5.74) is 1.20. The molecule has 9 heteroatoms. The summed E-state index contributed by atoms with van der Waals surface area (Å²) in [6.07, 6.45) is 1.49. The number of nitro benzene ring substituents is 1. The lowest BCUT2D eigenvalue weighted by molar-refractivity contribution is -0.387. The first kappa shape index (κ1) is 20.1. The molecule has 1 fully saturated rings. The molecule has 7 nitrogen and oxygen atoms in total. The van der Waals surface area contributed by atoms with E-state index in [0.29, 0.717) is 16.2 Å². The average Bonchev–Trinajstić information content (AvgIpc) is 2.95. The molecule has 1 N–H and O–H groups in total. The van der Waals surface area contributed by atoms with Crippen LogP contribution in [0.1, 0.15) is 11.1 Å². The van der Waals surface area contributed by atoms with Gasteiger partial charge >= 0.3 is 0 Å². The molecule has 0 radical (unpaired) electrons. The Balaban J connectivity index is 1.83. The van der Waals surface area contributed by atoms with Gasteiger partial charge in [-0.25, -0.2) is 0 Å². The number of aliphatic hydroxyl groups is 1. The molecule has 0 aliphatic carbocycles. The Labute approximate surface area is 169 Å². The second-order valence-electron chi connectivity index (χ2n) is 5.81. The van der Waals surface area contributed by atoms with Crippen molar-refractivity contribution in [3.63, 3.8) is 0 Å². The Morgan fingerprint density at radius 1 is 1.18 bits per heavy atom. The van der Waals surface area contributed by atoms with Gasteiger partial charge in [-0.15, -0.1) is 11.8 Å². The molecule has 28 heavy (non-hydrogen) atoms. The zero-order valence-corrected chi connectivity index (χ0v) is 16.2. The summed E-state index contributed by atoms with van der Waals surface area (Å²) in [6, 6.07) is 13.8. The van der Waals surface area contributed by atoms with E-state index in [1.807, 2.05) is 30.3 Å². The van der Waals surface area contributed by atoms with Crippen molar-refractivity contribution in [1.29, 1.82) is 0 Å². The van der Waals surface area contributed by atoms with Gasteiger partial charge in [0.05, 0.1) is 27.9 Å². The van der Waals surface area contributed by atoms with Crippen molar-refractivity contribution in [3.8, 4) is 0 Å². The monoisotopic (exact) mass is 416 g/mol. The van der Waals surface area contributed by atoms with E-state index >= 15 is 0 Å². The van der Waals surface area contributed by atoms with Crippen LogP contribution in [0.2, 0.25) is 0 Å². The molecule has 1 heterocycles. The summed E-state index contributed by atoms with van der Waals surface area (Å²) < 4.78 is 0. The van der Waals surface area contributed by atoms with Gasteiger partial charge < -0.3 is 5.11 Å². The number of carbonyl (C=O) groups is 2. The summed E-state index contributed by atoms with van der Waals surface area (Å²) in [5.74, 6) is -0.0707. The highest BCUT2D eigenvalue weighted by Gasteiger charge is 2.35. The van der Waals surface area contributed by atoms with Crippen LogP contribution in [0.5, 0.6) is 0 Å². The lowest BCUT2D eigenvalue weighted by atomic mass is 10.1. The Morgan fingerprint density at radius 2 is 1.93 bits per heavy atom. The smallest absolute Gasteiger partial charge is 0.293 e. The van der Waals surface area contributed by atoms with Crippen molar-refractivity contribution in [2.24, 2.45) is 0 Å². The van der Waals surface area contributed by atoms with Crippen molar-refractivity contribution in [2.75, 3.05) is 12.4 Å². The molecular weight excluding hydrogens is 400 g/mol. The zero-order valence-electron chi connectivity index (χ0n) is 14.6. The molecule has 1 aliphatic heterocycles. The van der Waals surface area contributed by atoms with Gasteiger partial charge in [-0.1, -0.05) is 36.4 Å². The van der Waals surface area contributed by atoms with Crippen molar-refractivity contribution >= 4 is 46.4 Å². The van der Waals surface area contributed by atoms with Crippen LogP contribution in [-0.2, 0) is 11.3 Å². The maximum absolute atomic E-state index is 12.6. The van der Waals surface area contributed by atoms with Gasteiger partial charge in [-0.2, -0.15) is 0 Å². The first-order valence-corrected chi connectivity index (χ1v) is 10.1. The second-order valence-corrected chi connectivity index (χ2v) is 7.94. The van der Waals surface area contributed by atoms with E-state index in [2.05, 4.69) is 0 Å². The number of aliphatic hydroxyl groups excluding tert-OH is 1. The lowest BCUT2D eigenvalue weighted by Gasteiger charge is -2.12. The van der Waals surface area contributed by atoms with Crippen molar-refractivity contribution in [3.05, 3.63) is 74.7 Å². The summed E-state index contributed by atoms with van der Waals surface area (Å²) in [4.78, 5) is 37.5. The van der Waals surface area contributed by atoms with Crippen LogP contribution in [0, 0.1) is 10.1 Å². The quantitative estimate of drug-likeness (QED) is 0.316. The van der Waals surface area contributed by atoms with E-state index in [0.717, 1.165) is 22.2 Å². The van der Waals surface area contributed by atoms with Crippen LogP contribution in [0.15, 0.2) is 58.3 Å². The summed E-state index contributed by atoms with van der Waals surface area (Å²) in [5, 5.41) is 19.9. The zero-order chi connectivity index (χ0) is 20.1. The van der Waals surface area contributed by atoms with Gasteiger partial charge in [0.25, 0.3) is 16.8 Å². The van der Waals surface area contributed by atoms with Crippen LogP contribution < -0.4 is 0 Å². The van der Waals surface area contributed by atoms with Crippen molar-refractivity contribution in [2.45, 2.75) is 11.4 Å². The van der Waals surface area contributed by atoms with Gasteiger partial charge in [0.2, 0.25) is 0 Å². The fourth-order valence-electron chi connectivity index (χ4n) is 2.60. The fraction of sp³-hybridized carbons (Fsp3) is 0.158. The van der Waals surface area contributed by atoms with E-state index in [-0.39, 0.29) is 29.0 Å². The van der Waals surface area contributed by atoms with Gasteiger partial charge in [-0.3, -0.25) is 24.6 Å². The van der Waals surface area contributed by atoms with Crippen LogP contribution in [0.3, 0.4) is 0 Å². The highest BCUT2D eigenvalue weighted by atomic mass is 32.2. The molecule has 0 bridgehead atoms. The van der Waals surface area contributed by atoms with Crippen LogP contribution in [0.25, 0.3) is 6.08 Å². The number of benzene rings is 2. The van der Waals surface area contributed by atoms with Gasteiger partial charge in [0, 0.05) is 11.8 Å². The molecule has 2 aromatic carbocycles. The number of amides is 2. The maximum atomic E-state index is 12.6. The van der Waals surface area contributed by atoms with Crippen molar-refractivity contribution in [1.82, 2.24) is 4.90 Å². The molecular formula is C19H16N2O5S2. The molecule has 0 unspecified atom stereocenters. The number of hydrogen-bond donors (Lipinski definition) is 1. The minimum Gasteiger partial charge on any atom is -0.396 e. The number of thioether (sulfide) groups is 2. The van der Waals surface area contributed by atoms with Crippen LogP contribution in [0.4, 0.5) is 10.5 Å². The highest BCUT2D eigenvalue weighted by Crippen LogP contribution is 2.35. The summed E-state index contributed by atoms with van der Waals surface area (Å²) in [6.45, 7) is 0.0951. The Kier molecular flexibility index (Phi) is 6.50. The van der Waals surface area contributed by atoms with Crippen LogP contribution >= 0.6 is 23.5 Å². The Morgan fingerprint density at radius 3 is 2.61 bits per heavy atom. The Bertz CT molecular complexity index is 947. The number of nitrogens with zero attached hydrogens (tertiary/aromatic N) is 2. The molecule has 0 atom stereocenters. The molecule has 0 saturated carbocycles. The molecule has 1 saturated heterocycles. The maximum Gasteiger partial charge on any atom is 0.293 e. The third kappa shape index (κ3) is 4.61. The van der Waals surface area contributed by atoms with Gasteiger partial charge in [-0.05, 0) is 35.0 Å². The minimum atomic E-state index is -0.502. The third-order valence-electron chi connectivity index (χ3n) is 3.88. The van der Waals surface area contributed by atoms with E-state index in [9.17, 15) is 19.7 Å². The first-order chi connectivity index (χ1) is 13.5. The topological polar surface area (TPSA) is 101 Å². The Hall–Kier alpha value is -2.62. The lowest BCUT2D eigenvalue weighted by Crippen LogP contribution is -2.27. The van der Waals surface area contributed by atoms with Crippen molar-refractivity contribution < 1.29 is 19.6 Å².